The van der Waals surface area contributed by atoms with Crippen LogP contribution in [0.3, 0.4) is 0 Å². The normalized spacial score (nSPS) is 13.3. The van der Waals surface area contributed by atoms with Crippen molar-refractivity contribution in [1.82, 2.24) is 0 Å². The van der Waals surface area contributed by atoms with E-state index >= 15 is 0 Å². The van der Waals surface area contributed by atoms with Crippen LogP contribution >= 0.6 is 0 Å². The molecule has 0 aliphatic heterocycles. The lowest BCUT2D eigenvalue weighted by Gasteiger charge is -2.38. The van der Waals surface area contributed by atoms with Crippen molar-refractivity contribution in [2.45, 2.75) is 64.8 Å². The maximum atomic E-state index is 6.33. The van der Waals surface area contributed by atoms with Crippen molar-refractivity contribution in [2.75, 3.05) is 6.54 Å². The molecule has 0 spiro atoms. The summed E-state index contributed by atoms with van der Waals surface area (Å²) >= 11 is 0. The monoisotopic (exact) mass is 217 g/mol. The summed E-state index contributed by atoms with van der Waals surface area (Å²) in [5.41, 5.74) is 5.58. The zero-order valence-corrected chi connectivity index (χ0v) is 11.5. The van der Waals surface area contributed by atoms with Gasteiger partial charge in [-0.15, -0.1) is 0 Å². The molecule has 3 heteroatoms. The zero-order chi connectivity index (χ0) is 11.2. The van der Waals surface area contributed by atoms with Crippen molar-refractivity contribution in [3.05, 3.63) is 0 Å². The van der Waals surface area contributed by atoms with Gasteiger partial charge in [0.2, 0.25) is 0 Å². The second-order valence-electron chi connectivity index (χ2n) is 4.71. The molecule has 0 saturated heterocycles. The van der Waals surface area contributed by atoms with Gasteiger partial charge in [-0.2, -0.15) is 0 Å². The molecule has 0 aliphatic rings. The van der Waals surface area contributed by atoms with Crippen molar-refractivity contribution >= 4 is 8.32 Å². The smallest absolute Gasteiger partial charge is 0.193 e. The Morgan fingerprint density at radius 1 is 1.14 bits per heavy atom. The summed E-state index contributed by atoms with van der Waals surface area (Å²) in [6.07, 6.45) is 1.23. The van der Waals surface area contributed by atoms with Gasteiger partial charge in [0, 0.05) is 6.54 Å². The Hall–Kier alpha value is 0.137. The number of rotatable bonds is 7. The van der Waals surface area contributed by atoms with Gasteiger partial charge in [0.1, 0.15) is 0 Å². The molecule has 0 aliphatic carbocycles. The molecule has 0 heterocycles. The highest BCUT2D eigenvalue weighted by Gasteiger charge is 2.35. The summed E-state index contributed by atoms with van der Waals surface area (Å²) < 4.78 is 6.33. The Balaban J connectivity index is 4.49. The minimum atomic E-state index is -1.48. The molecule has 0 fully saturated rings. The third-order valence-electron chi connectivity index (χ3n) is 2.98. The van der Waals surface area contributed by atoms with Gasteiger partial charge in [-0.3, -0.25) is 0 Å². The molecule has 0 aromatic carbocycles. The summed E-state index contributed by atoms with van der Waals surface area (Å²) in [5.74, 6) is 0. The molecule has 2 nitrogen and oxygen atoms in total. The fraction of sp³-hybridized carbons (Fsp3) is 1.00. The van der Waals surface area contributed by atoms with E-state index in [2.05, 4.69) is 34.6 Å². The average molecular weight is 217 g/mol. The number of hydrogen-bond acceptors (Lipinski definition) is 2. The highest BCUT2D eigenvalue weighted by atomic mass is 28.4. The van der Waals surface area contributed by atoms with E-state index in [-0.39, 0.29) is 5.60 Å². The Morgan fingerprint density at radius 2 is 1.64 bits per heavy atom. The van der Waals surface area contributed by atoms with Gasteiger partial charge in [-0.05, 0) is 32.0 Å². The second kappa shape index (κ2) is 5.88. The van der Waals surface area contributed by atoms with Crippen LogP contribution in [0.1, 0.15) is 41.0 Å². The lowest BCUT2D eigenvalue weighted by molar-refractivity contribution is 0.104. The van der Waals surface area contributed by atoms with Crippen LogP contribution in [0.4, 0.5) is 0 Å². The van der Waals surface area contributed by atoms with Crippen molar-refractivity contribution in [3.63, 3.8) is 0 Å². The molecule has 0 radical (unpaired) electrons. The minimum absolute atomic E-state index is 0.132. The predicted molar refractivity (Wildman–Crippen MR) is 66.0 cm³/mol. The van der Waals surface area contributed by atoms with Crippen molar-refractivity contribution in [2.24, 2.45) is 5.73 Å². The fourth-order valence-corrected chi connectivity index (χ4v) is 5.65. The van der Waals surface area contributed by atoms with Crippen LogP contribution in [-0.4, -0.2) is 20.5 Å². The first-order valence-corrected chi connectivity index (χ1v) is 8.38. The van der Waals surface area contributed by atoms with E-state index in [0.29, 0.717) is 6.54 Å². The summed E-state index contributed by atoms with van der Waals surface area (Å²) in [7, 11) is -1.48. The van der Waals surface area contributed by atoms with Gasteiger partial charge in [0.15, 0.2) is 8.32 Å². The van der Waals surface area contributed by atoms with Gasteiger partial charge in [0.05, 0.1) is 5.60 Å². The van der Waals surface area contributed by atoms with E-state index in [1.807, 2.05) is 0 Å². The lowest BCUT2D eigenvalue weighted by Crippen LogP contribution is -2.48. The highest BCUT2D eigenvalue weighted by Crippen LogP contribution is 2.28. The molecule has 0 rings (SSSR count). The fourth-order valence-electron chi connectivity index (χ4n) is 1.88. The molecule has 0 saturated carbocycles. The van der Waals surface area contributed by atoms with Crippen LogP contribution in [0.5, 0.6) is 0 Å². The minimum Gasteiger partial charge on any atom is -0.411 e. The highest BCUT2D eigenvalue weighted by molar-refractivity contribution is 6.73. The van der Waals surface area contributed by atoms with Crippen LogP contribution < -0.4 is 5.73 Å². The largest absolute Gasteiger partial charge is 0.411 e. The number of nitrogens with two attached hydrogens (primary N) is 1. The van der Waals surface area contributed by atoms with Crippen LogP contribution in [0.25, 0.3) is 0 Å². The molecule has 2 N–H and O–H groups in total. The van der Waals surface area contributed by atoms with Crippen LogP contribution in [0.15, 0.2) is 0 Å². The van der Waals surface area contributed by atoms with Gasteiger partial charge < -0.3 is 10.2 Å². The number of hydrogen-bond donors (Lipinski definition) is 1. The first-order chi connectivity index (χ1) is 6.45. The van der Waals surface area contributed by atoms with E-state index in [1.54, 1.807) is 0 Å². The molecule has 14 heavy (non-hydrogen) atoms. The molecular weight excluding hydrogens is 190 g/mol. The maximum Gasteiger partial charge on any atom is 0.193 e. The first kappa shape index (κ1) is 14.1. The predicted octanol–water partition coefficient (Wildman–Crippen LogP) is 3.14. The van der Waals surface area contributed by atoms with E-state index in [4.69, 9.17) is 10.2 Å². The third kappa shape index (κ3) is 4.11. The molecule has 86 valence electrons. The van der Waals surface area contributed by atoms with Gasteiger partial charge in [-0.25, -0.2) is 0 Å². The van der Waals surface area contributed by atoms with Gasteiger partial charge in [0.25, 0.3) is 0 Å². The van der Waals surface area contributed by atoms with Crippen LogP contribution in [0, 0.1) is 0 Å². The summed E-state index contributed by atoms with van der Waals surface area (Å²) in [6, 6.07) is 3.69. The Bertz CT molecular complexity index is 155. The third-order valence-corrected chi connectivity index (χ3v) is 7.95. The Kier molecular flexibility index (Phi) is 5.94. The molecular formula is C11H27NOSi. The summed E-state index contributed by atoms with van der Waals surface area (Å²) in [6.45, 7) is 11.6. The molecule has 0 aromatic rings. The molecule has 0 amide bonds. The first-order valence-electron chi connectivity index (χ1n) is 5.85. The van der Waals surface area contributed by atoms with E-state index in [0.717, 1.165) is 0 Å². The van der Waals surface area contributed by atoms with Crippen molar-refractivity contribution < 1.29 is 4.43 Å². The van der Waals surface area contributed by atoms with Gasteiger partial charge in [-0.1, -0.05) is 27.2 Å². The van der Waals surface area contributed by atoms with Crippen molar-refractivity contribution in [3.8, 4) is 0 Å². The Labute approximate surface area is 90.3 Å². The topological polar surface area (TPSA) is 35.2 Å². The van der Waals surface area contributed by atoms with Gasteiger partial charge >= 0.3 is 0 Å². The second-order valence-corrected chi connectivity index (χ2v) is 9.19. The van der Waals surface area contributed by atoms with Crippen LogP contribution in [-0.2, 0) is 4.43 Å². The van der Waals surface area contributed by atoms with E-state index < -0.39 is 8.32 Å². The molecule has 0 aromatic heterocycles. The molecule has 0 bridgehead atoms. The van der Waals surface area contributed by atoms with E-state index in [1.165, 1.54) is 24.6 Å². The SMILES string of the molecule is CCC[Si](CC)(CC)OC(C)(C)CN. The standard InChI is InChI=1S/C11H27NOSi/c1-6-9-14(7-2,8-3)13-11(4,5)10-12/h6-10,12H2,1-5H3. The average Bonchev–Trinajstić information content (AvgIpc) is 2.17. The quantitative estimate of drug-likeness (QED) is 0.665. The van der Waals surface area contributed by atoms with E-state index in [9.17, 15) is 0 Å². The zero-order valence-electron chi connectivity index (χ0n) is 10.5. The summed E-state index contributed by atoms with van der Waals surface area (Å²) in [5, 5.41) is 0. The summed E-state index contributed by atoms with van der Waals surface area (Å²) in [4.78, 5) is 0. The molecule has 0 atom stereocenters. The van der Waals surface area contributed by atoms with Crippen molar-refractivity contribution in [1.29, 1.82) is 0 Å². The Morgan fingerprint density at radius 3 is 1.93 bits per heavy atom. The lowest BCUT2D eigenvalue weighted by atomic mass is 10.1. The molecule has 0 unspecified atom stereocenters. The maximum absolute atomic E-state index is 6.33. The van der Waals surface area contributed by atoms with Crippen LogP contribution in [0.2, 0.25) is 18.1 Å².